The highest BCUT2D eigenvalue weighted by molar-refractivity contribution is 6.21. The van der Waals surface area contributed by atoms with Gasteiger partial charge in [-0.15, -0.1) is 0 Å². The molecule has 0 aromatic carbocycles. The molecule has 0 aromatic rings. The van der Waals surface area contributed by atoms with Gasteiger partial charge in [0.05, 0.1) is 34.2 Å². The summed E-state index contributed by atoms with van der Waals surface area (Å²) < 4.78 is 0. The first-order valence-corrected chi connectivity index (χ1v) is 13.4. The summed E-state index contributed by atoms with van der Waals surface area (Å²) in [6, 6.07) is 0. The minimum absolute atomic E-state index is 0.306. The van der Waals surface area contributed by atoms with Crippen molar-refractivity contribution in [2.75, 3.05) is 0 Å². The van der Waals surface area contributed by atoms with Crippen molar-refractivity contribution < 1.29 is 5.11 Å². The molecule has 0 spiro atoms. The number of rotatable bonds is 3. The predicted octanol–water partition coefficient (Wildman–Crippen LogP) is 7.25. The first kappa shape index (κ1) is 23.7. The van der Waals surface area contributed by atoms with Crippen molar-refractivity contribution in [1.82, 2.24) is 5.32 Å². The number of nitrogens with zero attached hydrogens (tertiary/aromatic N) is 3. The Labute approximate surface area is 219 Å². The van der Waals surface area contributed by atoms with Crippen LogP contribution in [0.25, 0.3) is 0 Å². The van der Waals surface area contributed by atoms with E-state index in [9.17, 15) is 5.11 Å². The van der Waals surface area contributed by atoms with Gasteiger partial charge in [-0.1, -0.05) is 33.4 Å². The molecule has 5 nitrogen and oxygen atoms in total. The molecule has 0 aromatic heterocycles. The van der Waals surface area contributed by atoms with Gasteiger partial charge < -0.3 is 10.4 Å². The molecule has 188 valence electrons. The van der Waals surface area contributed by atoms with E-state index in [-0.39, 0.29) is 0 Å². The van der Waals surface area contributed by atoms with Crippen LogP contribution in [0.1, 0.15) is 60.8 Å². The summed E-state index contributed by atoms with van der Waals surface area (Å²) in [7, 11) is 0. The average Bonchev–Trinajstić information content (AvgIpc) is 3.61. The molecular weight excluding hydrogens is 456 g/mol. The van der Waals surface area contributed by atoms with Gasteiger partial charge in [-0.05, 0) is 74.1 Å². The number of hydrogen-bond acceptors (Lipinski definition) is 5. The minimum Gasteiger partial charge on any atom is -0.511 e. The van der Waals surface area contributed by atoms with Gasteiger partial charge in [-0.3, -0.25) is 0 Å². The number of allylic oxidation sites excluding steroid dienone is 12. The number of aliphatic hydroxyl groups is 1. The second kappa shape index (κ2) is 8.41. The van der Waals surface area contributed by atoms with Crippen LogP contribution in [0.15, 0.2) is 119 Å². The van der Waals surface area contributed by atoms with Crippen molar-refractivity contribution in [2.24, 2.45) is 26.8 Å². The largest absolute Gasteiger partial charge is 0.511 e. The minimum atomic E-state index is 0.306. The molecule has 5 heterocycles. The van der Waals surface area contributed by atoms with Crippen LogP contribution in [0, 0.1) is 11.8 Å². The van der Waals surface area contributed by atoms with Gasteiger partial charge in [0.25, 0.3) is 0 Å². The van der Waals surface area contributed by atoms with E-state index in [2.05, 4.69) is 71.7 Å². The summed E-state index contributed by atoms with van der Waals surface area (Å²) in [5.74, 6) is 1.05. The Balaban J connectivity index is 1.65. The molecule has 8 bridgehead atoms. The zero-order chi connectivity index (χ0) is 26.2. The number of nitrogens with one attached hydrogen (secondary N) is 1. The van der Waals surface area contributed by atoms with Crippen LogP contribution in [0.3, 0.4) is 0 Å². The first-order valence-electron chi connectivity index (χ1n) is 13.4. The quantitative estimate of drug-likeness (QED) is 0.437. The fourth-order valence-electron chi connectivity index (χ4n) is 6.55. The van der Waals surface area contributed by atoms with Crippen molar-refractivity contribution in [2.45, 2.75) is 60.8 Å². The third-order valence-electron chi connectivity index (χ3n) is 8.74. The third-order valence-corrected chi connectivity index (χ3v) is 8.74. The number of aliphatic imine (C=N–C) groups is 3. The van der Waals surface area contributed by atoms with Crippen molar-refractivity contribution in [1.29, 1.82) is 0 Å². The smallest absolute Gasteiger partial charge is 0.106 e. The maximum atomic E-state index is 11.1. The predicted molar refractivity (Wildman–Crippen MR) is 153 cm³/mol. The summed E-state index contributed by atoms with van der Waals surface area (Å²) in [5, 5.41) is 14.8. The van der Waals surface area contributed by atoms with Crippen LogP contribution >= 0.6 is 0 Å². The van der Waals surface area contributed by atoms with E-state index < -0.39 is 0 Å². The lowest BCUT2D eigenvalue weighted by Gasteiger charge is -2.15. The van der Waals surface area contributed by atoms with Crippen molar-refractivity contribution in [3.63, 3.8) is 0 Å². The molecule has 1 fully saturated rings. The lowest BCUT2D eigenvalue weighted by atomic mass is 9.87. The van der Waals surface area contributed by atoms with Gasteiger partial charge in [0, 0.05) is 46.4 Å². The lowest BCUT2D eigenvalue weighted by Crippen LogP contribution is -2.14. The molecule has 1 saturated heterocycles. The molecule has 6 aliphatic rings. The molecule has 2 N–H and O–H groups in total. The van der Waals surface area contributed by atoms with E-state index in [1.807, 2.05) is 6.08 Å². The van der Waals surface area contributed by atoms with Crippen LogP contribution in [-0.2, 0) is 0 Å². The van der Waals surface area contributed by atoms with Gasteiger partial charge in [0.15, 0.2) is 0 Å². The van der Waals surface area contributed by atoms with E-state index in [1.165, 1.54) is 16.8 Å². The summed E-state index contributed by atoms with van der Waals surface area (Å²) in [5.41, 5.74) is 15.5. The zero-order valence-electron chi connectivity index (χ0n) is 22.6. The Hall–Kier alpha value is -3.73. The maximum absolute atomic E-state index is 11.1. The molecule has 1 unspecified atom stereocenters. The van der Waals surface area contributed by atoms with E-state index in [0.717, 1.165) is 80.6 Å². The van der Waals surface area contributed by atoms with Crippen LogP contribution in [0.2, 0.25) is 0 Å². The van der Waals surface area contributed by atoms with E-state index >= 15 is 0 Å². The number of aliphatic hydroxyl groups excluding tert-OH is 1. The Morgan fingerprint density at radius 3 is 2.43 bits per heavy atom. The number of fused-ring (bicyclic) bond motifs is 5. The van der Waals surface area contributed by atoms with Gasteiger partial charge in [0.1, 0.15) is 5.76 Å². The van der Waals surface area contributed by atoms with Crippen molar-refractivity contribution in [3.05, 3.63) is 104 Å². The SMILES string of the molecule is C=CC1=C(C)C2=NC1=CC1=NC(=CC3=C(C)C4=C(O)CC(=C5NC(=C2)[C@@H](C)C5CC)C4=N3)C(CC)=C1C. The molecule has 0 saturated carbocycles. The standard InChI is InChI=1S/C32H34N4O/c1-8-19-15(4)23-12-25-17(6)21(10-3)31(35-25)22-11-29(37)30-18(7)26(36-32(22)30)14-28-20(9-2)16(5)24(34-28)13-27(19)33-23/h8,12-14,17,21,35,37H,1,9-11H2,2-7H3/t17-,21?/m0/s1. The van der Waals surface area contributed by atoms with Crippen LogP contribution in [0.5, 0.6) is 0 Å². The van der Waals surface area contributed by atoms with E-state index in [1.54, 1.807) is 0 Å². The molecule has 2 atom stereocenters. The van der Waals surface area contributed by atoms with E-state index in [0.29, 0.717) is 24.0 Å². The maximum Gasteiger partial charge on any atom is 0.106 e. The van der Waals surface area contributed by atoms with Gasteiger partial charge >= 0.3 is 0 Å². The Kier molecular flexibility index (Phi) is 5.37. The highest BCUT2D eigenvalue weighted by Gasteiger charge is 2.40. The molecule has 1 aliphatic carbocycles. The van der Waals surface area contributed by atoms with Crippen molar-refractivity contribution in [3.8, 4) is 0 Å². The summed E-state index contributed by atoms with van der Waals surface area (Å²) in [6.45, 7) is 17.1. The number of hydrogen-bond donors (Lipinski definition) is 2. The lowest BCUT2D eigenvalue weighted by molar-refractivity contribution is 0.399. The normalized spacial score (nSPS) is 26.5. The fourth-order valence-corrected chi connectivity index (χ4v) is 6.55. The monoisotopic (exact) mass is 490 g/mol. The molecule has 37 heavy (non-hydrogen) atoms. The van der Waals surface area contributed by atoms with Crippen molar-refractivity contribution >= 4 is 17.1 Å². The second-order valence-electron chi connectivity index (χ2n) is 10.6. The fraction of sp³-hybridized carbons (Fsp3) is 0.344. The van der Waals surface area contributed by atoms with E-state index in [4.69, 9.17) is 15.0 Å². The first-order chi connectivity index (χ1) is 17.8. The zero-order valence-corrected chi connectivity index (χ0v) is 22.6. The highest BCUT2D eigenvalue weighted by atomic mass is 16.3. The molecule has 0 radical (unpaired) electrons. The Bertz CT molecular complexity index is 1540. The topological polar surface area (TPSA) is 69.3 Å². The summed E-state index contributed by atoms with van der Waals surface area (Å²) in [6.07, 6.45) is 10.7. The Morgan fingerprint density at radius 1 is 1.00 bits per heavy atom. The molecular formula is C32H34N4O. The van der Waals surface area contributed by atoms with Gasteiger partial charge in [0.2, 0.25) is 0 Å². The van der Waals surface area contributed by atoms with Gasteiger partial charge in [-0.2, -0.15) is 0 Å². The van der Waals surface area contributed by atoms with Gasteiger partial charge in [-0.25, -0.2) is 15.0 Å². The van der Waals surface area contributed by atoms with Crippen LogP contribution < -0.4 is 5.32 Å². The second-order valence-corrected chi connectivity index (χ2v) is 10.6. The summed E-state index contributed by atoms with van der Waals surface area (Å²) >= 11 is 0. The molecule has 5 heteroatoms. The van der Waals surface area contributed by atoms with Crippen LogP contribution in [0.4, 0.5) is 0 Å². The third kappa shape index (κ3) is 3.33. The summed E-state index contributed by atoms with van der Waals surface area (Å²) in [4.78, 5) is 15.2. The average molecular weight is 491 g/mol. The highest BCUT2D eigenvalue weighted by Crippen LogP contribution is 2.46. The molecule has 6 rings (SSSR count). The molecule has 5 aliphatic heterocycles. The van der Waals surface area contributed by atoms with Crippen LogP contribution in [-0.4, -0.2) is 22.2 Å². The Morgan fingerprint density at radius 2 is 1.73 bits per heavy atom. The molecule has 0 amide bonds.